The zero-order valence-corrected chi connectivity index (χ0v) is 8.01. The van der Waals surface area contributed by atoms with Crippen LogP contribution in [0.25, 0.3) is 0 Å². The van der Waals surface area contributed by atoms with Gasteiger partial charge < -0.3 is 0 Å². The van der Waals surface area contributed by atoms with Crippen molar-refractivity contribution >= 4 is 16.6 Å². The summed E-state index contributed by atoms with van der Waals surface area (Å²) in [7, 11) is 0. The third kappa shape index (κ3) is 3.30. The van der Waals surface area contributed by atoms with Crippen LogP contribution in [-0.4, -0.2) is 21.7 Å². The van der Waals surface area contributed by atoms with Crippen molar-refractivity contribution < 1.29 is 29.3 Å². The molecule has 0 bridgehead atoms. The normalized spacial score (nSPS) is 10.6. The van der Waals surface area contributed by atoms with Crippen molar-refractivity contribution in [1.82, 2.24) is 0 Å². The van der Waals surface area contributed by atoms with Crippen LogP contribution in [0.2, 0.25) is 0 Å². The summed E-state index contributed by atoms with van der Waals surface area (Å²) < 4.78 is 0.227. The minimum atomic E-state index is -0.971. The van der Waals surface area contributed by atoms with E-state index in [1.54, 1.807) is 0 Å². The Hall–Kier alpha value is -0.762. The van der Waals surface area contributed by atoms with Gasteiger partial charge in [0.05, 0.1) is 0 Å². The first-order chi connectivity index (χ1) is 4.57. The second-order valence-corrected chi connectivity index (χ2v) is 2.98. The third-order valence-corrected chi connectivity index (χ3v) is 1.72. The molecule has 0 fully saturated rings. The maximum atomic E-state index is 10.2. The molecule has 54 valence electrons. The van der Waals surface area contributed by atoms with E-state index in [0.29, 0.717) is 0 Å². The molecule has 0 unspecified atom stereocenters. The van der Waals surface area contributed by atoms with Gasteiger partial charge in [-0.1, -0.05) is 0 Å². The first-order valence-corrected chi connectivity index (χ1v) is 3.75. The number of aliphatic carboxylic acids is 1. The van der Waals surface area contributed by atoms with Gasteiger partial charge in [-0.3, -0.25) is 0 Å². The van der Waals surface area contributed by atoms with Crippen LogP contribution in [0.3, 0.4) is 0 Å². The fourth-order valence-electron chi connectivity index (χ4n) is 0.242. The molecule has 0 saturated heterocycles. The van der Waals surface area contributed by atoms with E-state index in [2.05, 4.69) is 11.7 Å². The van der Waals surface area contributed by atoms with Gasteiger partial charge >= 0.3 is 68.5 Å². The van der Waals surface area contributed by atoms with Crippen molar-refractivity contribution in [3.63, 3.8) is 0 Å². The molecule has 0 aliphatic rings. The summed E-state index contributed by atoms with van der Waals surface area (Å²) in [6, 6.07) is 0. The van der Waals surface area contributed by atoms with Gasteiger partial charge in [-0.25, -0.2) is 0 Å². The second kappa shape index (κ2) is 4.12. The van der Waals surface area contributed by atoms with Crippen molar-refractivity contribution in [3.05, 3.63) is 11.9 Å². The monoisotopic (exact) mass is 310 g/mol. The summed E-state index contributed by atoms with van der Waals surface area (Å²) >= 11 is 0.842. The molecule has 3 N–H and O–H groups in total. The predicted octanol–water partition coefficient (Wildman–Crippen LogP) is -0.709. The van der Waals surface area contributed by atoms with Gasteiger partial charge in [0.2, 0.25) is 0 Å². The Morgan fingerprint density at radius 1 is 1.80 bits per heavy atom. The number of carboxylic acids is 1. The molecule has 0 radical (unpaired) electrons. The van der Waals surface area contributed by atoms with E-state index < -0.39 is 5.97 Å². The summed E-state index contributed by atoms with van der Waals surface area (Å²) in [5.74, 6) is -0.839. The summed E-state index contributed by atoms with van der Waals surface area (Å²) in [4.78, 5) is 13.5. The van der Waals surface area contributed by atoms with Gasteiger partial charge in [0.1, 0.15) is 0 Å². The Bertz CT molecular complexity index is 210. The van der Waals surface area contributed by atoms with Crippen LogP contribution in [0.5, 0.6) is 0 Å². The molecule has 0 aromatic carbocycles. The van der Waals surface area contributed by atoms with Gasteiger partial charge in [-0.2, -0.15) is 0 Å². The molecule has 0 aliphatic carbocycles. The standard InChI is InChI=1S/C5H6N2O2.W/c1-7-4(6)2-3-5(8)9;/h2H,1,6H2,(H,8,9);/b4-2-;. The fourth-order valence-corrected chi connectivity index (χ4v) is 0.675. The number of carbonyl (C=O) groups is 1. The van der Waals surface area contributed by atoms with Gasteiger partial charge in [-0.15, -0.1) is 0 Å². The molecular formula is C5H6N2O2W. The molecule has 5 heteroatoms. The van der Waals surface area contributed by atoms with E-state index in [9.17, 15) is 4.79 Å². The molecule has 0 amide bonds. The SMILES string of the molecule is C=N/C(N)=C\[C](=[W])C(=O)O. The molecule has 0 atom stereocenters. The van der Waals surface area contributed by atoms with Crippen LogP contribution in [0.4, 0.5) is 0 Å². The van der Waals surface area contributed by atoms with Crippen LogP contribution >= 0.6 is 0 Å². The van der Waals surface area contributed by atoms with Crippen LogP contribution in [0, 0.1) is 0 Å². The van der Waals surface area contributed by atoms with Crippen molar-refractivity contribution in [2.45, 2.75) is 0 Å². The van der Waals surface area contributed by atoms with E-state index in [4.69, 9.17) is 10.8 Å². The molecule has 0 aromatic heterocycles. The average molecular weight is 310 g/mol. The average Bonchev–Trinajstić information content (AvgIpc) is 1.87. The summed E-state index contributed by atoms with van der Waals surface area (Å²) in [5.41, 5.74) is 5.17. The van der Waals surface area contributed by atoms with Crippen LogP contribution in [0.1, 0.15) is 0 Å². The van der Waals surface area contributed by atoms with Crippen molar-refractivity contribution in [1.29, 1.82) is 0 Å². The predicted molar refractivity (Wildman–Crippen MR) is 34.5 cm³/mol. The topological polar surface area (TPSA) is 75.7 Å². The van der Waals surface area contributed by atoms with Crippen LogP contribution in [0.15, 0.2) is 16.9 Å². The molecule has 4 nitrogen and oxygen atoms in total. The third-order valence-electron chi connectivity index (χ3n) is 0.672. The van der Waals surface area contributed by atoms with Crippen molar-refractivity contribution in [2.75, 3.05) is 0 Å². The quantitative estimate of drug-likeness (QED) is 0.676. The Balaban J connectivity index is 4.27. The van der Waals surface area contributed by atoms with Crippen molar-refractivity contribution in [3.8, 4) is 0 Å². The molecule has 0 rings (SSSR count). The Kier molecular flexibility index (Phi) is 3.80. The first-order valence-electron chi connectivity index (χ1n) is 2.29. The number of hydrogen-bond donors (Lipinski definition) is 2. The fraction of sp³-hybridized carbons (Fsp3) is 0. The summed E-state index contributed by atoms with van der Waals surface area (Å²) in [5, 5.41) is 8.35. The maximum absolute atomic E-state index is 10.2. The van der Waals surface area contributed by atoms with Gasteiger partial charge in [0.25, 0.3) is 0 Å². The number of rotatable bonds is 3. The Labute approximate surface area is 68.9 Å². The zero-order chi connectivity index (χ0) is 8.15. The zero-order valence-electron chi connectivity index (χ0n) is 5.07. The van der Waals surface area contributed by atoms with Gasteiger partial charge in [0.15, 0.2) is 0 Å². The van der Waals surface area contributed by atoms with E-state index in [0.717, 1.165) is 19.4 Å². The van der Waals surface area contributed by atoms with Crippen LogP contribution < -0.4 is 5.73 Å². The number of carboxylic acid groups (broad SMARTS) is 1. The molecule has 0 saturated carbocycles. The number of aliphatic imine (C=N–C) groups is 1. The molecule has 0 aromatic rings. The van der Waals surface area contributed by atoms with Crippen LogP contribution in [-0.2, 0) is 24.1 Å². The van der Waals surface area contributed by atoms with E-state index in [-0.39, 0.29) is 9.72 Å². The molecule has 10 heavy (non-hydrogen) atoms. The van der Waals surface area contributed by atoms with Crippen molar-refractivity contribution in [2.24, 2.45) is 10.7 Å². The summed E-state index contributed by atoms with van der Waals surface area (Å²) in [6.07, 6.45) is 1.28. The Morgan fingerprint density at radius 2 is 2.30 bits per heavy atom. The summed E-state index contributed by atoms with van der Waals surface area (Å²) in [6.45, 7) is 3.13. The van der Waals surface area contributed by atoms with Gasteiger partial charge in [0, 0.05) is 0 Å². The number of nitrogens with two attached hydrogens (primary N) is 1. The second-order valence-electron chi connectivity index (χ2n) is 1.40. The Morgan fingerprint density at radius 3 is 2.60 bits per heavy atom. The molecule has 0 aliphatic heterocycles. The van der Waals surface area contributed by atoms with E-state index in [1.807, 2.05) is 0 Å². The van der Waals surface area contributed by atoms with E-state index in [1.165, 1.54) is 6.08 Å². The number of hydrogen-bond acceptors (Lipinski definition) is 3. The number of nitrogens with zero attached hydrogens (tertiary/aromatic N) is 1. The molecular weight excluding hydrogens is 304 g/mol. The molecule has 0 spiro atoms. The minimum absolute atomic E-state index is 0.132. The first kappa shape index (κ1) is 9.24. The molecule has 0 heterocycles. The van der Waals surface area contributed by atoms with Gasteiger partial charge in [-0.05, 0) is 0 Å². The van der Waals surface area contributed by atoms with E-state index >= 15 is 0 Å².